The van der Waals surface area contributed by atoms with Crippen LogP contribution >= 0.6 is 0 Å². The van der Waals surface area contributed by atoms with Gasteiger partial charge in [-0.2, -0.15) is 5.26 Å². The third kappa shape index (κ3) is 7.13. The first-order valence-corrected chi connectivity index (χ1v) is 13.1. The largest absolute Gasteiger partial charge is 0.478 e. The van der Waals surface area contributed by atoms with E-state index in [1.165, 1.54) is 12.8 Å². The molecule has 0 unspecified atom stereocenters. The minimum Gasteiger partial charge on any atom is -0.478 e. The van der Waals surface area contributed by atoms with Crippen molar-refractivity contribution in [3.05, 3.63) is 52.4 Å². The second-order valence-corrected chi connectivity index (χ2v) is 10.2. The zero-order chi connectivity index (χ0) is 27.8. The highest BCUT2D eigenvalue weighted by atomic mass is 16.4. The Morgan fingerprint density at radius 3 is 2.34 bits per heavy atom. The number of piperidine rings is 1. The van der Waals surface area contributed by atoms with Crippen LogP contribution in [0.25, 0.3) is 0 Å². The number of nitriles is 1. The summed E-state index contributed by atoms with van der Waals surface area (Å²) in [4.78, 5) is 31.1. The molecule has 0 aliphatic carbocycles. The predicted molar refractivity (Wildman–Crippen MR) is 146 cm³/mol. The number of carboxylic acids is 2. The quantitative estimate of drug-likeness (QED) is 0.108. The van der Waals surface area contributed by atoms with Gasteiger partial charge in [0, 0.05) is 23.6 Å². The van der Waals surface area contributed by atoms with E-state index in [1.54, 1.807) is 38.1 Å². The summed E-state index contributed by atoms with van der Waals surface area (Å²) in [7, 11) is 0. The zero-order valence-corrected chi connectivity index (χ0v) is 22.5. The SMILES string of the molecule is CC1=C(C(=O)O)C(c2cccc(NC(=NCCCN3CCC(C(C)C)CC3)NC#N)c2)C(C(=O)O)=C(C)N1. The van der Waals surface area contributed by atoms with Crippen molar-refractivity contribution in [1.29, 1.82) is 5.26 Å². The van der Waals surface area contributed by atoms with Crippen molar-refractivity contribution in [3.63, 3.8) is 0 Å². The van der Waals surface area contributed by atoms with Crippen molar-refractivity contribution in [2.24, 2.45) is 16.8 Å². The Morgan fingerprint density at radius 1 is 1.16 bits per heavy atom. The van der Waals surface area contributed by atoms with E-state index in [9.17, 15) is 25.1 Å². The standard InChI is InChI=1S/C28H38N6O4/c1-17(2)20-9-13-34(14-10-20)12-6-11-30-28(31-16-29)33-22-8-5-7-21(15-22)25-23(26(35)36)18(3)32-19(4)24(25)27(37)38/h5,7-8,15,17,20,25,32H,6,9-14H2,1-4H3,(H,35,36)(H,37,38)(H2,30,31,33). The van der Waals surface area contributed by atoms with Gasteiger partial charge >= 0.3 is 11.9 Å². The van der Waals surface area contributed by atoms with E-state index in [0.29, 0.717) is 29.2 Å². The molecule has 5 N–H and O–H groups in total. The number of allylic oxidation sites excluding steroid dienone is 2. The number of rotatable bonds is 9. The average molecular weight is 523 g/mol. The third-order valence-electron chi connectivity index (χ3n) is 7.36. The number of nitrogens with zero attached hydrogens (tertiary/aromatic N) is 3. The van der Waals surface area contributed by atoms with Crippen molar-refractivity contribution in [3.8, 4) is 6.19 Å². The van der Waals surface area contributed by atoms with E-state index in [-0.39, 0.29) is 17.1 Å². The third-order valence-corrected chi connectivity index (χ3v) is 7.36. The van der Waals surface area contributed by atoms with E-state index in [2.05, 4.69) is 39.7 Å². The molecule has 2 aliphatic heterocycles. The molecule has 0 radical (unpaired) electrons. The predicted octanol–water partition coefficient (Wildman–Crippen LogP) is 3.69. The Hall–Kier alpha value is -3.84. The second kappa shape index (κ2) is 13.1. The van der Waals surface area contributed by atoms with Gasteiger partial charge < -0.3 is 25.7 Å². The Morgan fingerprint density at radius 2 is 1.79 bits per heavy atom. The number of hydrogen-bond acceptors (Lipinski definition) is 6. The smallest absolute Gasteiger partial charge is 0.334 e. The van der Waals surface area contributed by atoms with Crippen LogP contribution in [0.2, 0.25) is 0 Å². The van der Waals surface area contributed by atoms with Gasteiger partial charge in [-0.1, -0.05) is 26.0 Å². The number of hydrogen-bond donors (Lipinski definition) is 5. The molecule has 1 fully saturated rings. The van der Waals surface area contributed by atoms with Crippen molar-refractivity contribution >= 4 is 23.6 Å². The molecule has 10 heteroatoms. The number of dihydropyridines is 1. The van der Waals surface area contributed by atoms with Gasteiger partial charge in [-0.25, -0.2) is 9.59 Å². The first-order valence-electron chi connectivity index (χ1n) is 13.1. The molecule has 1 aromatic rings. The van der Waals surface area contributed by atoms with E-state index in [4.69, 9.17) is 0 Å². The van der Waals surface area contributed by atoms with Gasteiger partial charge in [-0.05, 0) is 82.3 Å². The van der Waals surface area contributed by atoms with Gasteiger partial charge in [-0.3, -0.25) is 10.3 Å². The second-order valence-electron chi connectivity index (χ2n) is 10.2. The fourth-order valence-corrected chi connectivity index (χ4v) is 5.32. The van der Waals surface area contributed by atoms with Gasteiger partial charge in [-0.15, -0.1) is 0 Å². The lowest BCUT2D eigenvalue weighted by molar-refractivity contribution is -0.133. The summed E-state index contributed by atoms with van der Waals surface area (Å²) in [5, 5.41) is 37.5. The lowest BCUT2D eigenvalue weighted by Crippen LogP contribution is -2.36. The number of benzene rings is 1. The van der Waals surface area contributed by atoms with Gasteiger partial charge in [0.1, 0.15) is 0 Å². The van der Waals surface area contributed by atoms with Crippen LogP contribution in [-0.4, -0.2) is 59.2 Å². The topological polar surface area (TPSA) is 150 Å². The Balaban J connectivity index is 1.72. The summed E-state index contributed by atoms with van der Waals surface area (Å²) in [5.41, 5.74) is 1.81. The maximum Gasteiger partial charge on any atom is 0.334 e. The number of anilines is 1. The molecule has 1 aromatic carbocycles. The fourth-order valence-electron chi connectivity index (χ4n) is 5.32. The molecule has 0 bridgehead atoms. The Labute approximate surface area is 224 Å². The molecule has 10 nitrogen and oxygen atoms in total. The summed E-state index contributed by atoms with van der Waals surface area (Å²) in [6.45, 7) is 11.5. The maximum absolute atomic E-state index is 12.1. The molecule has 0 saturated carbocycles. The van der Waals surface area contributed by atoms with E-state index < -0.39 is 17.9 Å². The lowest BCUT2D eigenvalue weighted by Gasteiger charge is -2.33. The summed E-state index contributed by atoms with van der Waals surface area (Å²) in [6.07, 6.45) is 5.21. The summed E-state index contributed by atoms with van der Waals surface area (Å²) in [5.74, 6) is -1.52. The van der Waals surface area contributed by atoms with Gasteiger partial charge in [0.05, 0.1) is 17.1 Å². The number of carbonyl (C=O) groups is 2. The zero-order valence-electron chi connectivity index (χ0n) is 22.5. The highest BCUT2D eigenvalue weighted by Gasteiger charge is 2.36. The van der Waals surface area contributed by atoms with Gasteiger partial charge in [0.2, 0.25) is 5.96 Å². The van der Waals surface area contributed by atoms with Crippen LogP contribution in [0.5, 0.6) is 0 Å². The molecule has 0 amide bonds. The normalized spacial score (nSPS) is 17.8. The fraction of sp³-hybridized carbons (Fsp3) is 0.500. The van der Waals surface area contributed by atoms with Crippen LogP contribution in [0.15, 0.2) is 51.8 Å². The Bertz CT molecular complexity index is 1140. The molecular weight excluding hydrogens is 484 g/mol. The molecule has 38 heavy (non-hydrogen) atoms. The van der Waals surface area contributed by atoms with Gasteiger partial charge in [0.15, 0.2) is 6.19 Å². The molecule has 0 atom stereocenters. The molecule has 1 saturated heterocycles. The minimum absolute atomic E-state index is 0.0216. The number of guanidine groups is 1. The molecule has 0 aromatic heterocycles. The summed E-state index contributed by atoms with van der Waals surface area (Å²) in [6, 6.07) is 6.86. The van der Waals surface area contributed by atoms with Crippen molar-refractivity contribution in [2.45, 2.75) is 52.9 Å². The van der Waals surface area contributed by atoms with Crippen LogP contribution in [0, 0.1) is 23.3 Å². The van der Waals surface area contributed by atoms with Crippen LogP contribution < -0.4 is 16.0 Å². The first-order chi connectivity index (χ1) is 18.1. The molecule has 2 heterocycles. The number of nitrogens with one attached hydrogen (secondary N) is 3. The summed E-state index contributed by atoms with van der Waals surface area (Å²) < 4.78 is 0. The molecule has 2 aliphatic rings. The van der Waals surface area contributed by atoms with Crippen LogP contribution in [0.1, 0.15) is 58.4 Å². The molecule has 0 spiro atoms. The van der Waals surface area contributed by atoms with Gasteiger partial charge in [0.25, 0.3) is 0 Å². The highest BCUT2D eigenvalue weighted by molar-refractivity contribution is 5.99. The van der Waals surface area contributed by atoms with Crippen LogP contribution in [0.3, 0.4) is 0 Å². The van der Waals surface area contributed by atoms with E-state index in [1.807, 2.05) is 6.19 Å². The highest BCUT2D eigenvalue weighted by Crippen LogP contribution is 2.39. The van der Waals surface area contributed by atoms with E-state index in [0.717, 1.165) is 37.9 Å². The lowest BCUT2D eigenvalue weighted by atomic mass is 9.80. The first kappa shape index (κ1) is 28.7. The van der Waals surface area contributed by atoms with E-state index >= 15 is 0 Å². The number of carboxylic acid groups (broad SMARTS) is 2. The molecule has 3 rings (SSSR count). The minimum atomic E-state index is -1.19. The molecular formula is C28H38N6O4. The number of aliphatic carboxylic acids is 2. The van der Waals surface area contributed by atoms with Crippen molar-refractivity contribution in [2.75, 3.05) is 31.5 Å². The number of aliphatic imine (C=N–C) groups is 1. The van der Waals surface area contributed by atoms with Crippen molar-refractivity contribution in [1.82, 2.24) is 15.5 Å². The maximum atomic E-state index is 12.1. The average Bonchev–Trinajstić information content (AvgIpc) is 2.86. The Kier molecular flexibility index (Phi) is 9.91. The molecule has 204 valence electrons. The van der Waals surface area contributed by atoms with Crippen LogP contribution in [0.4, 0.5) is 5.69 Å². The monoisotopic (exact) mass is 522 g/mol. The van der Waals surface area contributed by atoms with Crippen molar-refractivity contribution < 1.29 is 19.8 Å². The number of likely N-dealkylation sites (tertiary alicyclic amines) is 1. The summed E-state index contributed by atoms with van der Waals surface area (Å²) >= 11 is 0. The van der Waals surface area contributed by atoms with Crippen LogP contribution in [-0.2, 0) is 9.59 Å².